The molecule has 0 saturated heterocycles. The van der Waals surface area contributed by atoms with Crippen molar-refractivity contribution < 1.29 is 18.1 Å². The van der Waals surface area contributed by atoms with Crippen molar-refractivity contribution in [2.24, 2.45) is 0 Å². The van der Waals surface area contributed by atoms with Gasteiger partial charge >= 0.3 is 9.53 Å². The minimum atomic E-state index is -2.05. The maximum absolute atomic E-state index is 11.5. The van der Waals surface area contributed by atoms with Gasteiger partial charge in [-0.3, -0.25) is 4.79 Å². The molecule has 0 heterocycles. The van der Waals surface area contributed by atoms with Gasteiger partial charge in [0.15, 0.2) is 0 Å². The molecule has 0 aliphatic carbocycles. The van der Waals surface area contributed by atoms with Crippen LogP contribution in [0.15, 0.2) is 12.2 Å². The molecule has 0 radical (unpaired) electrons. The van der Waals surface area contributed by atoms with E-state index in [0.29, 0.717) is 25.4 Å². The van der Waals surface area contributed by atoms with E-state index in [4.69, 9.17) is 13.3 Å². The number of carbonyl (C=O) groups is 1. The second kappa shape index (κ2) is 10.2. The van der Waals surface area contributed by atoms with Gasteiger partial charge in [-0.25, -0.2) is 0 Å². The Balaban J connectivity index is 4.10. The summed E-state index contributed by atoms with van der Waals surface area (Å²) >= 11 is 0. The van der Waals surface area contributed by atoms with E-state index in [1.807, 2.05) is 20.8 Å². The zero-order chi connectivity index (χ0) is 14.0. The van der Waals surface area contributed by atoms with Crippen LogP contribution in [0.4, 0.5) is 0 Å². The summed E-state index contributed by atoms with van der Waals surface area (Å²) in [6, 6.07) is -0.0369. The summed E-state index contributed by atoms with van der Waals surface area (Å²) in [4.78, 5) is 11.5. The van der Waals surface area contributed by atoms with Crippen LogP contribution >= 0.6 is 0 Å². The van der Waals surface area contributed by atoms with E-state index in [1.54, 1.807) is 6.92 Å². The highest BCUT2D eigenvalue weighted by molar-refractivity contribution is 6.36. The molecule has 1 unspecified atom stereocenters. The fraction of sp³-hybridized carbons (Fsp3) is 0.750. The van der Waals surface area contributed by atoms with Gasteiger partial charge < -0.3 is 18.6 Å². The molecule has 0 spiro atoms. The van der Waals surface area contributed by atoms with Crippen molar-refractivity contribution in [2.45, 2.75) is 40.2 Å². The van der Waals surface area contributed by atoms with Crippen molar-refractivity contribution in [1.29, 1.82) is 0 Å². The monoisotopic (exact) mass is 275 g/mol. The molecule has 0 aromatic rings. The van der Waals surface area contributed by atoms with Gasteiger partial charge in [0, 0.05) is 18.8 Å². The van der Waals surface area contributed by atoms with Crippen LogP contribution in [0.3, 0.4) is 0 Å². The first-order valence-electron chi connectivity index (χ1n) is 6.36. The summed E-state index contributed by atoms with van der Waals surface area (Å²) in [6.07, 6.45) is 0.790. The van der Waals surface area contributed by atoms with Gasteiger partial charge in [0.1, 0.15) is 0 Å². The number of carbonyl (C=O) groups excluding carboxylic acids is 1. The van der Waals surface area contributed by atoms with Crippen LogP contribution in [-0.2, 0) is 18.1 Å². The maximum Gasteiger partial charge on any atom is 0.484 e. The minimum absolute atomic E-state index is 0.0369. The van der Waals surface area contributed by atoms with Gasteiger partial charge in [-0.2, -0.15) is 0 Å². The Morgan fingerprint density at radius 2 is 1.78 bits per heavy atom. The third-order valence-corrected chi connectivity index (χ3v) is 3.93. The highest BCUT2D eigenvalue weighted by Crippen LogP contribution is 1.99. The van der Waals surface area contributed by atoms with Gasteiger partial charge in [-0.15, -0.1) is 0 Å². The van der Waals surface area contributed by atoms with Gasteiger partial charge in [0.2, 0.25) is 5.91 Å². The quantitative estimate of drug-likeness (QED) is 0.482. The molecule has 1 N–H and O–H groups in total. The summed E-state index contributed by atoms with van der Waals surface area (Å²) in [5.41, 5.74) is 0.497. The molecule has 0 aromatic carbocycles. The molecule has 18 heavy (non-hydrogen) atoms. The molecule has 1 amide bonds. The van der Waals surface area contributed by atoms with Crippen LogP contribution in [-0.4, -0.2) is 41.3 Å². The average Bonchev–Trinajstić information content (AvgIpc) is 2.34. The first-order chi connectivity index (χ1) is 8.54. The Hall–Kier alpha value is -0.693. The lowest BCUT2D eigenvalue weighted by atomic mass is 10.2. The predicted octanol–water partition coefficient (Wildman–Crippen LogP) is 1.26. The van der Waals surface area contributed by atoms with Crippen LogP contribution < -0.4 is 5.32 Å². The van der Waals surface area contributed by atoms with E-state index in [9.17, 15) is 4.79 Å². The van der Waals surface area contributed by atoms with Crippen molar-refractivity contribution in [3.63, 3.8) is 0 Å². The Morgan fingerprint density at radius 3 is 2.17 bits per heavy atom. The van der Waals surface area contributed by atoms with Gasteiger partial charge in [0.05, 0.1) is 12.6 Å². The zero-order valence-corrected chi connectivity index (χ0v) is 13.0. The fourth-order valence-corrected chi connectivity index (χ4v) is 2.40. The molecular weight excluding hydrogens is 250 g/mol. The normalized spacial score (nSPS) is 12.5. The van der Waals surface area contributed by atoms with E-state index in [-0.39, 0.29) is 11.9 Å². The first-order valence-corrected chi connectivity index (χ1v) is 7.77. The molecule has 0 aliphatic rings. The highest BCUT2D eigenvalue weighted by Gasteiger charge is 2.18. The fourth-order valence-electron chi connectivity index (χ4n) is 1.18. The second-order valence-corrected chi connectivity index (χ2v) is 5.47. The Kier molecular flexibility index (Phi) is 9.86. The molecule has 0 fully saturated rings. The Morgan fingerprint density at radius 1 is 1.22 bits per heavy atom. The number of hydrogen-bond donors (Lipinski definition) is 1. The van der Waals surface area contributed by atoms with E-state index in [2.05, 4.69) is 11.9 Å². The van der Waals surface area contributed by atoms with Crippen molar-refractivity contribution >= 4 is 15.4 Å². The molecule has 1 atom stereocenters. The molecule has 0 saturated carbocycles. The third-order valence-electron chi connectivity index (χ3n) is 2.25. The Labute approximate surface area is 111 Å². The third kappa shape index (κ3) is 7.60. The number of amides is 1. The molecule has 5 nitrogen and oxygen atoms in total. The topological polar surface area (TPSA) is 56.8 Å². The van der Waals surface area contributed by atoms with Crippen LogP contribution in [0, 0.1) is 0 Å². The van der Waals surface area contributed by atoms with Crippen LogP contribution in [0.25, 0.3) is 0 Å². The molecule has 6 heteroatoms. The summed E-state index contributed by atoms with van der Waals surface area (Å²) in [5.74, 6) is -0.142. The number of hydrogen-bond acceptors (Lipinski definition) is 4. The molecule has 0 bridgehead atoms. The minimum Gasteiger partial charge on any atom is -0.376 e. The lowest BCUT2D eigenvalue weighted by Crippen LogP contribution is -2.40. The smallest absolute Gasteiger partial charge is 0.376 e. The van der Waals surface area contributed by atoms with Crippen LogP contribution in [0.5, 0.6) is 0 Å². The summed E-state index contributed by atoms with van der Waals surface area (Å²) in [5, 5.41) is 2.85. The predicted molar refractivity (Wildman–Crippen MR) is 73.4 cm³/mol. The highest BCUT2D eigenvalue weighted by atomic mass is 28.3. The van der Waals surface area contributed by atoms with Crippen LogP contribution in [0.1, 0.15) is 34.1 Å². The summed E-state index contributed by atoms with van der Waals surface area (Å²) < 4.78 is 16.4. The van der Waals surface area contributed by atoms with Crippen LogP contribution in [0.2, 0.25) is 0 Å². The van der Waals surface area contributed by atoms with Gasteiger partial charge in [-0.1, -0.05) is 13.5 Å². The van der Waals surface area contributed by atoms with Crippen molar-refractivity contribution in [1.82, 2.24) is 5.32 Å². The standard InChI is InChI=1S/C12H25NO4Si/c1-6-11(13-12(14)10(4)5)9-17-18(15-7-2)16-8-3/h11,18H,4,6-9H2,1-3,5H3,(H,13,14). The van der Waals surface area contributed by atoms with Crippen molar-refractivity contribution in [3.8, 4) is 0 Å². The molecule has 0 aromatic heterocycles. The molecular formula is C12H25NO4Si. The van der Waals surface area contributed by atoms with Crippen molar-refractivity contribution in [2.75, 3.05) is 19.8 Å². The average molecular weight is 275 g/mol. The molecule has 106 valence electrons. The Bertz CT molecular complexity index is 254. The van der Waals surface area contributed by atoms with Gasteiger partial charge in [0.25, 0.3) is 0 Å². The van der Waals surface area contributed by atoms with E-state index in [0.717, 1.165) is 6.42 Å². The first kappa shape index (κ1) is 17.3. The van der Waals surface area contributed by atoms with Crippen molar-refractivity contribution in [3.05, 3.63) is 12.2 Å². The lowest BCUT2D eigenvalue weighted by molar-refractivity contribution is -0.118. The molecule has 0 aliphatic heterocycles. The number of rotatable bonds is 10. The largest absolute Gasteiger partial charge is 0.484 e. The summed E-state index contributed by atoms with van der Waals surface area (Å²) in [7, 11) is -2.05. The van der Waals surface area contributed by atoms with E-state index >= 15 is 0 Å². The SMILES string of the molecule is C=C(C)C(=O)NC(CC)CO[SiH](OCC)OCC. The van der Waals surface area contributed by atoms with Gasteiger partial charge in [-0.05, 0) is 27.2 Å². The summed E-state index contributed by atoms with van der Waals surface area (Å²) in [6.45, 7) is 12.6. The second-order valence-electron chi connectivity index (χ2n) is 3.89. The van der Waals surface area contributed by atoms with E-state index < -0.39 is 9.53 Å². The number of nitrogens with one attached hydrogen (secondary N) is 1. The molecule has 0 rings (SSSR count). The van der Waals surface area contributed by atoms with E-state index in [1.165, 1.54) is 0 Å². The maximum atomic E-state index is 11.5. The lowest BCUT2D eigenvalue weighted by Gasteiger charge is -2.20. The zero-order valence-electron chi connectivity index (χ0n) is 11.8.